The van der Waals surface area contributed by atoms with Crippen molar-refractivity contribution in [1.29, 1.82) is 0 Å². The van der Waals surface area contributed by atoms with Gasteiger partial charge in [0, 0.05) is 43.9 Å². The normalized spacial score (nSPS) is 13.1. The fraction of sp³-hybridized carbons (Fsp3) is 0.0566. The number of benzene rings is 9. The van der Waals surface area contributed by atoms with Crippen LogP contribution in [-0.4, -0.2) is 0 Å². The highest BCUT2D eigenvalue weighted by Gasteiger charge is 2.36. The molecule has 260 valence electrons. The Morgan fingerprint density at radius 3 is 1.78 bits per heavy atom. The Bertz CT molecular complexity index is 3120. The molecule has 55 heavy (non-hydrogen) atoms. The molecule has 0 unspecified atom stereocenters. The van der Waals surface area contributed by atoms with E-state index in [1.54, 1.807) is 0 Å². The van der Waals surface area contributed by atoms with Crippen LogP contribution >= 0.6 is 0 Å². The van der Waals surface area contributed by atoms with E-state index in [0.717, 1.165) is 72.0 Å². The van der Waals surface area contributed by atoms with E-state index in [-0.39, 0.29) is 5.41 Å². The van der Waals surface area contributed by atoms with Crippen LogP contribution in [0.3, 0.4) is 0 Å². The van der Waals surface area contributed by atoms with Crippen LogP contribution in [-0.2, 0) is 5.41 Å². The lowest BCUT2D eigenvalue weighted by Crippen LogP contribution is -2.16. The van der Waals surface area contributed by atoms with Crippen molar-refractivity contribution in [1.82, 2.24) is 0 Å². The van der Waals surface area contributed by atoms with Crippen molar-refractivity contribution in [2.45, 2.75) is 19.3 Å². The summed E-state index contributed by atoms with van der Waals surface area (Å²) in [6.07, 6.45) is 0. The maximum Gasteiger partial charge on any atom is 0.143 e. The second-order valence-electron chi connectivity index (χ2n) is 15.3. The minimum absolute atomic E-state index is 0.137. The number of fused-ring (bicyclic) bond motifs is 9. The molecule has 1 heterocycles. The van der Waals surface area contributed by atoms with Crippen LogP contribution in [0.25, 0.3) is 76.9 Å². The van der Waals surface area contributed by atoms with Gasteiger partial charge in [0.15, 0.2) is 0 Å². The molecule has 0 spiro atoms. The number of hydrogen-bond donors (Lipinski definition) is 0. The second kappa shape index (κ2) is 12.1. The highest BCUT2D eigenvalue weighted by Crippen LogP contribution is 2.52. The molecule has 0 amide bonds. The number of anilines is 3. The summed E-state index contributed by atoms with van der Waals surface area (Å²) in [4.78, 5) is 2.47. The van der Waals surface area contributed by atoms with Gasteiger partial charge in [-0.1, -0.05) is 166 Å². The molecule has 0 N–H and O–H groups in total. The monoisotopic (exact) mass is 703 g/mol. The van der Waals surface area contributed by atoms with E-state index < -0.39 is 0 Å². The molecule has 1 aliphatic rings. The summed E-state index contributed by atoms with van der Waals surface area (Å²) < 4.78 is 7.12. The second-order valence-corrected chi connectivity index (χ2v) is 15.3. The molecule has 0 atom stereocenters. The Kier molecular flexibility index (Phi) is 6.93. The number of rotatable bonds is 5. The summed E-state index contributed by atoms with van der Waals surface area (Å²) in [6, 6.07) is 68.3. The quantitative estimate of drug-likeness (QED) is 0.177. The lowest BCUT2D eigenvalue weighted by Gasteiger charge is -2.29. The molecule has 9 aromatic carbocycles. The number of hydrogen-bond acceptors (Lipinski definition) is 2. The molecule has 0 aliphatic heterocycles. The molecule has 0 radical (unpaired) electrons. The van der Waals surface area contributed by atoms with Crippen LogP contribution in [0, 0.1) is 0 Å². The maximum atomic E-state index is 7.12. The fourth-order valence-electron chi connectivity index (χ4n) is 9.15. The third-order valence-electron chi connectivity index (χ3n) is 11.8. The minimum Gasteiger partial charge on any atom is -0.455 e. The van der Waals surface area contributed by atoms with Gasteiger partial charge in [-0.05, 0) is 86.1 Å². The van der Waals surface area contributed by atoms with Gasteiger partial charge in [0.2, 0.25) is 0 Å². The molecule has 11 rings (SSSR count). The van der Waals surface area contributed by atoms with Gasteiger partial charge in [-0.3, -0.25) is 0 Å². The number of nitrogens with zero attached hydrogens (tertiary/aromatic N) is 1. The van der Waals surface area contributed by atoms with Crippen molar-refractivity contribution < 1.29 is 4.42 Å². The first-order valence-electron chi connectivity index (χ1n) is 19.1. The summed E-state index contributed by atoms with van der Waals surface area (Å²) in [5.41, 5.74) is 14.9. The molecule has 10 aromatic rings. The first kappa shape index (κ1) is 31.6. The van der Waals surface area contributed by atoms with Crippen molar-refractivity contribution >= 4 is 60.5 Å². The summed E-state index contributed by atoms with van der Waals surface area (Å²) in [6.45, 7) is 4.71. The fourth-order valence-corrected chi connectivity index (χ4v) is 9.15. The highest BCUT2D eigenvalue weighted by molar-refractivity contribution is 6.24. The van der Waals surface area contributed by atoms with Gasteiger partial charge < -0.3 is 9.32 Å². The van der Waals surface area contributed by atoms with Crippen molar-refractivity contribution in [3.8, 4) is 33.4 Å². The van der Waals surface area contributed by atoms with Crippen LogP contribution in [0.2, 0.25) is 0 Å². The lowest BCUT2D eigenvalue weighted by atomic mass is 9.82. The lowest BCUT2D eigenvalue weighted by molar-refractivity contribution is 0.660. The summed E-state index contributed by atoms with van der Waals surface area (Å²) in [5.74, 6) is 0. The van der Waals surface area contributed by atoms with Crippen molar-refractivity contribution in [2.75, 3.05) is 4.90 Å². The molecule has 0 fully saturated rings. The topological polar surface area (TPSA) is 16.4 Å². The van der Waals surface area contributed by atoms with Crippen LogP contribution in [0.4, 0.5) is 17.1 Å². The average molecular weight is 704 g/mol. The van der Waals surface area contributed by atoms with E-state index in [4.69, 9.17) is 4.42 Å². The molecule has 2 nitrogen and oxygen atoms in total. The van der Waals surface area contributed by atoms with Crippen molar-refractivity contribution in [3.63, 3.8) is 0 Å². The molecule has 0 saturated carbocycles. The molecule has 0 bridgehead atoms. The molecule has 1 aliphatic carbocycles. The van der Waals surface area contributed by atoms with Crippen LogP contribution in [0.1, 0.15) is 25.0 Å². The summed E-state index contributed by atoms with van der Waals surface area (Å²) in [7, 11) is 0. The predicted octanol–water partition coefficient (Wildman–Crippen LogP) is 15.0. The van der Waals surface area contributed by atoms with E-state index in [0.29, 0.717) is 0 Å². The molecule has 1 aromatic heterocycles. The SMILES string of the molecule is CC1(C)c2ccccc2-c2ccc(N(c3ccc4ccccc4c3)c3cc4c(oc5c(-c6ccccc6)ccc(-c6ccccc6)c54)c4ccccc34)cc21. The molecular formula is C53H37NO. The van der Waals surface area contributed by atoms with Gasteiger partial charge in [-0.15, -0.1) is 0 Å². The Labute approximate surface area is 320 Å². The van der Waals surface area contributed by atoms with E-state index >= 15 is 0 Å². The Hall–Kier alpha value is -6.90. The van der Waals surface area contributed by atoms with Gasteiger partial charge in [0.05, 0.1) is 5.69 Å². The largest absolute Gasteiger partial charge is 0.455 e. The average Bonchev–Trinajstić information content (AvgIpc) is 3.74. The van der Waals surface area contributed by atoms with Gasteiger partial charge in [0.25, 0.3) is 0 Å². The predicted molar refractivity (Wildman–Crippen MR) is 232 cm³/mol. The molecule has 0 saturated heterocycles. The van der Waals surface area contributed by atoms with Gasteiger partial charge >= 0.3 is 0 Å². The van der Waals surface area contributed by atoms with Gasteiger partial charge in [0.1, 0.15) is 11.2 Å². The van der Waals surface area contributed by atoms with Gasteiger partial charge in [-0.2, -0.15) is 0 Å². The first-order chi connectivity index (χ1) is 27.0. The molecule has 2 heteroatoms. The maximum absolute atomic E-state index is 7.12. The van der Waals surface area contributed by atoms with Crippen LogP contribution in [0.5, 0.6) is 0 Å². The zero-order valence-corrected chi connectivity index (χ0v) is 30.8. The summed E-state index contributed by atoms with van der Waals surface area (Å²) >= 11 is 0. The van der Waals surface area contributed by atoms with E-state index in [1.165, 1.54) is 33.0 Å². The minimum atomic E-state index is -0.137. The summed E-state index contributed by atoms with van der Waals surface area (Å²) in [5, 5.41) is 6.87. The Balaban J connectivity index is 1.24. The molecular weight excluding hydrogens is 667 g/mol. The van der Waals surface area contributed by atoms with E-state index in [9.17, 15) is 0 Å². The van der Waals surface area contributed by atoms with Crippen LogP contribution < -0.4 is 4.90 Å². The third-order valence-corrected chi connectivity index (χ3v) is 11.8. The van der Waals surface area contributed by atoms with E-state index in [2.05, 4.69) is 207 Å². The Morgan fingerprint density at radius 1 is 0.400 bits per heavy atom. The third kappa shape index (κ3) is 4.81. The van der Waals surface area contributed by atoms with Crippen molar-refractivity contribution in [2.24, 2.45) is 0 Å². The smallest absolute Gasteiger partial charge is 0.143 e. The van der Waals surface area contributed by atoms with Crippen LogP contribution in [0.15, 0.2) is 192 Å². The Morgan fingerprint density at radius 2 is 0.982 bits per heavy atom. The van der Waals surface area contributed by atoms with Gasteiger partial charge in [-0.25, -0.2) is 0 Å². The number of furan rings is 1. The zero-order chi connectivity index (χ0) is 36.7. The van der Waals surface area contributed by atoms with Crippen molar-refractivity contribution in [3.05, 3.63) is 199 Å². The first-order valence-corrected chi connectivity index (χ1v) is 19.1. The zero-order valence-electron chi connectivity index (χ0n) is 30.8. The standard InChI is InChI=1S/C53H37NO/c1-53(2)47-24-14-13-21-42(47)43-28-27-39(32-48(43)53)54(38-26-25-34-15-9-10-20-37(34)31-38)49-33-46-50-40(35-16-5-3-6-17-35)29-30-41(36-18-7-4-8-19-36)52(50)55-51(46)45-23-12-11-22-44(45)49/h3-33H,1-2H3. The highest BCUT2D eigenvalue weighted by atomic mass is 16.3. The van der Waals surface area contributed by atoms with E-state index in [1.807, 2.05) is 0 Å².